The Labute approximate surface area is 104 Å². The molecule has 16 heavy (non-hydrogen) atoms. The second-order valence-corrected chi connectivity index (χ2v) is 5.01. The van der Waals surface area contributed by atoms with Crippen LogP contribution in [0.4, 0.5) is 0 Å². The SMILES string of the molecule is CCNC(CCc1ccc(Cl)cc1)C(C)C. The van der Waals surface area contributed by atoms with E-state index < -0.39 is 0 Å². The first-order chi connectivity index (χ1) is 7.63. The van der Waals surface area contributed by atoms with Gasteiger partial charge in [-0.3, -0.25) is 0 Å². The highest BCUT2D eigenvalue weighted by Gasteiger charge is 2.11. The minimum absolute atomic E-state index is 0.612. The molecule has 0 aromatic heterocycles. The highest BCUT2D eigenvalue weighted by Crippen LogP contribution is 2.14. The van der Waals surface area contributed by atoms with Crippen molar-refractivity contribution in [1.82, 2.24) is 5.32 Å². The molecule has 0 bridgehead atoms. The van der Waals surface area contributed by atoms with Crippen LogP contribution in [0, 0.1) is 5.92 Å². The fourth-order valence-electron chi connectivity index (χ4n) is 1.91. The number of hydrogen-bond donors (Lipinski definition) is 1. The summed E-state index contributed by atoms with van der Waals surface area (Å²) < 4.78 is 0. The van der Waals surface area contributed by atoms with Crippen molar-refractivity contribution in [3.05, 3.63) is 34.9 Å². The van der Waals surface area contributed by atoms with E-state index in [1.54, 1.807) is 0 Å². The third kappa shape index (κ3) is 4.54. The van der Waals surface area contributed by atoms with Crippen LogP contribution < -0.4 is 5.32 Å². The van der Waals surface area contributed by atoms with Gasteiger partial charge in [0.05, 0.1) is 0 Å². The number of nitrogens with one attached hydrogen (secondary N) is 1. The van der Waals surface area contributed by atoms with Crippen LogP contribution in [-0.4, -0.2) is 12.6 Å². The topological polar surface area (TPSA) is 12.0 Å². The van der Waals surface area contributed by atoms with Crippen LogP contribution in [0.1, 0.15) is 32.8 Å². The van der Waals surface area contributed by atoms with Gasteiger partial charge < -0.3 is 5.32 Å². The second kappa shape index (κ2) is 6.93. The monoisotopic (exact) mass is 239 g/mol. The van der Waals surface area contributed by atoms with E-state index in [4.69, 9.17) is 11.6 Å². The van der Waals surface area contributed by atoms with E-state index in [1.165, 1.54) is 12.0 Å². The molecule has 0 aliphatic carbocycles. The highest BCUT2D eigenvalue weighted by molar-refractivity contribution is 6.30. The molecule has 0 saturated carbocycles. The van der Waals surface area contributed by atoms with Crippen molar-refractivity contribution in [3.63, 3.8) is 0 Å². The van der Waals surface area contributed by atoms with Crippen molar-refractivity contribution in [2.24, 2.45) is 5.92 Å². The van der Waals surface area contributed by atoms with Crippen LogP contribution in [0.15, 0.2) is 24.3 Å². The molecule has 1 atom stereocenters. The van der Waals surface area contributed by atoms with E-state index in [0.717, 1.165) is 18.0 Å². The summed E-state index contributed by atoms with van der Waals surface area (Å²) in [6.07, 6.45) is 2.31. The van der Waals surface area contributed by atoms with Gasteiger partial charge in [0.25, 0.3) is 0 Å². The number of aryl methyl sites for hydroxylation is 1. The third-order valence-electron chi connectivity index (χ3n) is 2.93. The van der Waals surface area contributed by atoms with Crippen molar-refractivity contribution in [3.8, 4) is 0 Å². The normalized spacial score (nSPS) is 13.1. The van der Waals surface area contributed by atoms with Gasteiger partial charge in [-0.15, -0.1) is 0 Å². The summed E-state index contributed by atoms with van der Waals surface area (Å²) in [5.41, 5.74) is 1.37. The van der Waals surface area contributed by atoms with Gasteiger partial charge in [-0.25, -0.2) is 0 Å². The van der Waals surface area contributed by atoms with E-state index in [9.17, 15) is 0 Å². The summed E-state index contributed by atoms with van der Waals surface area (Å²) in [6, 6.07) is 8.78. The molecule has 0 aliphatic rings. The number of hydrogen-bond acceptors (Lipinski definition) is 1. The van der Waals surface area contributed by atoms with Gasteiger partial charge in [0.1, 0.15) is 0 Å². The van der Waals surface area contributed by atoms with Gasteiger partial charge in [0.2, 0.25) is 0 Å². The van der Waals surface area contributed by atoms with E-state index in [2.05, 4.69) is 38.2 Å². The minimum Gasteiger partial charge on any atom is -0.314 e. The molecular weight excluding hydrogens is 218 g/mol. The van der Waals surface area contributed by atoms with Gasteiger partial charge in [-0.05, 0) is 43.0 Å². The Kier molecular flexibility index (Phi) is 5.86. The maximum atomic E-state index is 5.86. The average Bonchev–Trinajstić information content (AvgIpc) is 2.26. The third-order valence-corrected chi connectivity index (χ3v) is 3.18. The van der Waals surface area contributed by atoms with Crippen LogP contribution in [0.5, 0.6) is 0 Å². The Morgan fingerprint density at radius 1 is 1.19 bits per heavy atom. The molecule has 1 aromatic rings. The maximum Gasteiger partial charge on any atom is 0.0406 e. The standard InChI is InChI=1S/C14H22ClN/c1-4-16-14(11(2)3)10-7-12-5-8-13(15)9-6-12/h5-6,8-9,11,14,16H,4,7,10H2,1-3H3. The van der Waals surface area contributed by atoms with Crippen LogP contribution in [0.25, 0.3) is 0 Å². The van der Waals surface area contributed by atoms with Gasteiger partial charge >= 0.3 is 0 Å². The van der Waals surface area contributed by atoms with Crippen LogP contribution in [0.3, 0.4) is 0 Å². The summed E-state index contributed by atoms with van der Waals surface area (Å²) in [4.78, 5) is 0. The van der Waals surface area contributed by atoms with Crippen molar-refractivity contribution < 1.29 is 0 Å². The molecule has 1 unspecified atom stereocenters. The Balaban J connectivity index is 2.45. The lowest BCUT2D eigenvalue weighted by atomic mass is 9.96. The molecule has 90 valence electrons. The van der Waals surface area contributed by atoms with E-state index in [-0.39, 0.29) is 0 Å². The molecule has 0 saturated heterocycles. The fourth-order valence-corrected chi connectivity index (χ4v) is 2.03. The lowest BCUT2D eigenvalue weighted by molar-refractivity contribution is 0.385. The van der Waals surface area contributed by atoms with Gasteiger partial charge in [-0.1, -0.05) is 44.5 Å². The molecule has 1 nitrogen and oxygen atoms in total. The maximum absolute atomic E-state index is 5.86. The molecule has 1 rings (SSSR count). The molecule has 1 N–H and O–H groups in total. The van der Waals surface area contributed by atoms with Crippen molar-refractivity contribution in [2.45, 2.75) is 39.7 Å². The van der Waals surface area contributed by atoms with Gasteiger partial charge in [0.15, 0.2) is 0 Å². The van der Waals surface area contributed by atoms with E-state index in [1.807, 2.05) is 12.1 Å². The van der Waals surface area contributed by atoms with E-state index in [0.29, 0.717) is 12.0 Å². The molecular formula is C14H22ClN. The quantitative estimate of drug-likeness (QED) is 0.794. The zero-order valence-electron chi connectivity index (χ0n) is 10.5. The molecule has 0 spiro atoms. The highest BCUT2D eigenvalue weighted by atomic mass is 35.5. The number of rotatable bonds is 6. The molecule has 0 fully saturated rings. The zero-order valence-corrected chi connectivity index (χ0v) is 11.2. The van der Waals surface area contributed by atoms with Crippen molar-refractivity contribution >= 4 is 11.6 Å². The van der Waals surface area contributed by atoms with Crippen LogP contribution in [-0.2, 0) is 6.42 Å². The fraction of sp³-hybridized carbons (Fsp3) is 0.571. The molecule has 0 heterocycles. The molecule has 2 heteroatoms. The Hall–Kier alpha value is -0.530. The molecule has 1 aromatic carbocycles. The van der Waals surface area contributed by atoms with Crippen LogP contribution >= 0.6 is 11.6 Å². The lowest BCUT2D eigenvalue weighted by Crippen LogP contribution is -2.34. The first kappa shape index (κ1) is 13.5. The Morgan fingerprint density at radius 2 is 1.81 bits per heavy atom. The number of benzene rings is 1. The first-order valence-electron chi connectivity index (χ1n) is 6.11. The first-order valence-corrected chi connectivity index (χ1v) is 6.49. The Morgan fingerprint density at radius 3 is 2.31 bits per heavy atom. The lowest BCUT2D eigenvalue weighted by Gasteiger charge is -2.21. The molecule has 0 radical (unpaired) electrons. The average molecular weight is 240 g/mol. The summed E-state index contributed by atoms with van der Waals surface area (Å²) >= 11 is 5.86. The number of halogens is 1. The van der Waals surface area contributed by atoms with Crippen LogP contribution in [0.2, 0.25) is 5.02 Å². The summed E-state index contributed by atoms with van der Waals surface area (Å²) in [7, 11) is 0. The van der Waals surface area contributed by atoms with Gasteiger partial charge in [0, 0.05) is 11.1 Å². The molecule has 0 amide bonds. The summed E-state index contributed by atoms with van der Waals surface area (Å²) in [6.45, 7) is 7.76. The van der Waals surface area contributed by atoms with Crippen molar-refractivity contribution in [2.75, 3.05) is 6.54 Å². The second-order valence-electron chi connectivity index (χ2n) is 4.57. The minimum atomic E-state index is 0.612. The Bertz CT molecular complexity index is 292. The van der Waals surface area contributed by atoms with E-state index >= 15 is 0 Å². The molecule has 0 aliphatic heterocycles. The van der Waals surface area contributed by atoms with Gasteiger partial charge in [-0.2, -0.15) is 0 Å². The van der Waals surface area contributed by atoms with Crippen molar-refractivity contribution in [1.29, 1.82) is 0 Å². The summed E-state index contributed by atoms with van der Waals surface area (Å²) in [5, 5.41) is 4.35. The largest absolute Gasteiger partial charge is 0.314 e. The summed E-state index contributed by atoms with van der Waals surface area (Å²) in [5.74, 6) is 0.687. The zero-order chi connectivity index (χ0) is 12.0. The predicted molar refractivity (Wildman–Crippen MR) is 72.1 cm³/mol. The smallest absolute Gasteiger partial charge is 0.0406 e. The predicted octanol–water partition coefficient (Wildman–Crippen LogP) is 3.91.